The van der Waals surface area contributed by atoms with Crippen molar-refractivity contribution in [1.82, 2.24) is 10.7 Å². The predicted octanol–water partition coefficient (Wildman–Crippen LogP) is 0.536. The molecule has 0 bridgehead atoms. The van der Waals surface area contributed by atoms with Gasteiger partial charge in [0.2, 0.25) is 0 Å². The van der Waals surface area contributed by atoms with E-state index in [0.717, 1.165) is 61.8 Å². The first-order valence-corrected chi connectivity index (χ1v) is 8.61. The van der Waals surface area contributed by atoms with E-state index in [1.165, 1.54) is 0 Å². The van der Waals surface area contributed by atoms with E-state index in [1.807, 2.05) is 37.3 Å². The number of morpholine rings is 1. The smallest absolute Gasteiger partial charge is 0.187 e. The maximum atomic E-state index is 5.77. The zero-order valence-electron chi connectivity index (χ0n) is 13.8. The van der Waals surface area contributed by atoms with Crippen molar-refractivity contribution in [2.75, 3.05) is 39.4 Å². The SMILES string of the molecule is C/C(=N/NC(=S)NCC[NH+]1CCOCC1)c1cc2ccccc2o1. The van der Waals surface area contributed by atoms with E-state index in [-0.39, 0.29) is 0 Å². The van der Waals surface area contributed by atoms with Crippen molar-refractivity contribution >= 4 is 34.0 Å². The summed E-state index contributed by atoms with van der Waals surface area (Å²) in [6.45, 7) is 7.55. The molecular weight excluding hydrogens is 324 g/mol. The second-order valence-electron chi connectivity index (χ2n) is 5.83. The summed E-state index contributed by atoms with van der Waals surface area (Å²) in [6.07, 6.45) is 0. The molecule has 1 aliphatic heterocycles. The third-order valence-corrected chi connectivity index (χ3v) is 4.31. The molecule has 0 spiro atoms. The highest BCUT2D eigenvalue weighted by atomic mass is 32.1. The molecule has 0 unspecified atom stereocenters. The maximum Gasteiger partial charge on any atom is 0.187 e. The first-order chi connectivity index (χ1) is 11.7. The fourth-order valence-electron chi connectivity index (χ4n) is 2.65. The summed E-state index contributed by atoms with van der Waals surface area (Å²) in [5, 5.41) is 9.07. The van der Waals surface area contributed by atoms with Crippen LogP contribution in [0.15, 0.2) is 39.9 Å². The summed E-state index contributed by atoms with van der Waals surface area (Å²) in [5.74, 6) is 0.740. The Morgan fingerprint density at radius 1 is 1.29 bits per heavy atom. The molecule has 0 aliphatic carbocycles. The zero-order valence-corrected chi connectivity index (χ0v) is 14.6. The second kappa shape index (κ2) is 8.23. The number of furan rings is 1. The molecule has 24 heavy (non-hydrogen) atoms. The lowest BCUT2D eigenvalue weighted by Gasteiger charge is -2.23. The number of quaternary nitrogens is 1. The monoisotopic (exact) mass is 347 g/mol. The van der Waals surface area contributed by atoms with Gasteiger partial charge in [-0.1, -0.05) is 18.2 Å². The van der Waals surface area contributed by atoms with E-state index in [1.54, 1.807) is 4.90 Å². The Bertz CT molecular complexity index is 689. The molecule has 0 atom stereocenters. The highest BCUT2D eigenvalue weighted by Gasteiger charge is 2.13. The number of nitrogens with one attached hydrogen (secondary N) is 3. The predicted molar refractivity (Wildman–Crippen MR) is 98.5 cm³/mol. The van der Waals surface area contributed by atoms with Crippen LogP contribution in [0.1, 0.15) is 12.7 Å². The molecule has 0 amide bonds. The first kappa shape index (κ1) is 16.9. The van der Waals surface area contributed by atoms with Gasteiger partial charge in [0.25, 0.3) is 0 Å². The summed E-state index contributed by atoms with van der Waals surface area (Å²) in [4.78, 5) is 1.54. The minimum atomic E-state index is 0.526. The summed E-state index contributed by atoms with van der Waals surface area (Å²) in [5.41, 5.74) is 4.49. The molecule has 1 aromatic carbocycles. The Kier molecular flexibility index (Phi) is 5.79. The molecule has 2 aromatic rings. The fourth-order valence-corrected chi connectivity index (χ4v) is 2.80. The highest BCUT2D eigenvalue weighted by Crippen LogP contribution is 2.19. The number of hydrogen-bond acceptors (Lipinski definition) is 4. The normalized spacial score (nSPS) is 16.3. The van der Waals surface area contributed by atoms with E-state index in [0.29, 0.717) is 5.11 Å². The Morgan fingerprint density at radius 2 is 2.08 bits per heavy atom. The minimum Gasteiger partial charge on any atom is -0.455 e. The van der Waals surface area contributed by atoms with E-state index >= 15 is 0 Å². The molecule has 3 N–H and O–H groups in total. The topological polar surface area (TPSA) is 63.2 Å². The van der Waals surface area contributed by atoms with Gasteiger partial charge in [-0.3, -0.25) is 5.43 Å². The van der Waals surface area contributed by atoms with E-state index in [2.05, 4.69) is 15.8 Å². The number of ether oxygens (including phenoxy) is 1. The Morgan fingerprint density at radius 3 is 2.88 bits per heavy atom. The van der Waals surface area contributed by atoms with Crippen molar-refractivity contribution in [1.29, 1.82) is 0 Å². The maximum absolute atomic E-state index is 5.77. The molecule has 128 valence electrons. The number of nitrogens with zero attached hydrogens (tertiary/aromatic N) is 1. The lowest BCUT2D eigenvalue weighted by atomic mass is 10.2. The van der Waals surface area contributed by atoms with Crippen LogP contribution < -0.4 is 15.6 Å². The number of fused-ring (bicyclic) bond motifs is 1. The van der Waals surface area contributed by atoms with Crippen molar-refractivity contribution in [2.24, 2.45) is 5.10 Å². The van der Waals surface area contributed by atoms with Crippen LogP contribution in [-0.2, 0) is 4.74 Å². The second-order valence-corrected chi connectivity index (χ2v) is 6.23. The number of thiocarbonyl (C=S) groups is 1. The van der Waals surface area contributed by atoms with Gasteiger partial charge in [-0.25, -0.2) is 0 Å². The van der Waals surface area contributed by atoms with Crippen LogP contribution in [0.2, 0.25) is 0 Å². The summed E-state index contributed by atoms with van der Waals surface area (Å²) in [7, 11) is 0. The Hall–Kier alpha value is -1.96. The average molecular weight is 347 g/mol. The molecule has 0 radical (unpaired) electrons. The van der Waals surface area contributed by atoms with Crippen LogP contribution in [0.3, 0.4) is 0 Å². The molecule has 1 saturated heterocycles. The number of hydrazone groups is 1. The lowest BCUT2D eigenvalue weighted by molar-refractivity contribution is -0.906. The lowest BCUT2D eigenvalue weighted by Crippen LogP contribution is -3.14. The highest BCUT2D eigenvalue weighted by molar-refractivity contribution is 7.80. The van der Waals surface area contributed by atoms with Gasteiger partial charge in [0.1, 0.15) is 24.4 Å². The fraction of sp³-hybridized carbons (Fsp3) is 0.412. The van der Waals surface area contributed by atoms with Gasteiger partial charge >= 0.3 is 0 Å². The third kappa shape index (κ3) is 4.53. The van der Waals surface area contributed by atoms with Crippen LogP contribution >= 0.6 is 12.2 Å². The molecular formula is C17H23N4O2S+. The first-order valence-electron chi connectivity index (χ1n) is 8.21. The van der Waals surface area contributed by atoms with Crippen molar-refractivity contribution in [3.63, 3.8) is 0 Å². The molecule has 1 aliphatic rings. The minimum absolute atomic E-state index is 0.526. The largest absolute Gasteiger partial charge is 0.455 e. The third-order valence-electron chi connectivity index (χ3n) is 4.07. The molecule has 0 saturated carbocycles. The number of benzene rings is 1. The van der Waals surface area contributed by atoms with E-state index in [9.17, 15) is 0 Å². The van der Waals surface area contributed by atoms with Crippen molar-refractivity contribution < 1.29 is 14.1 Å². The number of para-hydroxylation sites is 1. The van der Waals surface area contributed by atoms with Crippen LogP contribution in [0, 0.1) is 0 Å². The molecule has 1 fully saturated rings. The van der Waals surface area contributed by atoms with Crippen molar-refractivity contribution in [3.05, 3.63) is 36.1 Å². The van der Waals surface area contributed by atoms with Crippen LogP contribution in [0.25, 0.3) is 11.0 Å². The summed E-state index contributed by atoms with van der Waals surface area (Å²) >= 11 is 5.26. The quantitative estimate of drug-likeness (QED) is 0.419. The molecule has 6 nitrogen and oxygen atoms in total. The van der Waals surface area contributed by atoms with Gasteiger partial charge in [0.05, 0.1) is 26.3 Å². The number of hydrogen-bond donors (Lipinski definition) is 3. The van der Waals surface area contributed by atoms with E-state index < -0.39 is 0 Å². The molecule has 7 heteroatoms. The van der Waals surface area contributed by atoms with Gasteiger partial charge in [-0.15, -0.1) is 0 Å². The standard InChI is InChI=1S/C17H22N4O2S/c1-13(16-12-14-4-2-3-5-15(14)23-16)19-20-17(24)18-6-7-21-8-10-22-11-9-21/h2-5,12H,6-11H2,1H3,(H2,18,20,24)/p+1/b19-13-. The van der Waals surface area contributed by atoms with Gasteiger partial charge in [-0.05, 0) is 31.3 Å². The van der Waals surface area contributed by atoms with Crippen molar-refractivity contribution in [3.8, 4) is 0 Å². The van der Waals surface area contributed by atoms with Crippen molar-refractivity contribution in [2.45, 2.75) is 6.92 Å². The van der Waals surface area contributed by atoms with E-state index in [4.69, 9.17) is 21.4 Å². The number of rotatable bonds is 5. The van der Waals surface area contributed by atoms with Gasteiger partial charge in [0.15, 0.2) is 10.9 Å². The Labute approximate surface area is 146 Å². The summed E-state index contributed by atoms with van der Waals surface area (Å²) in [6, 6.07) is 9.88. The van der Waals surface area contributed by atoms with Crippen LogP contribution in [-0.4, -0.2) is 50.2 Å². The molecule has 2 heterocycles. The van der Waals surface area contributed by atoms with Gasteiger partial charge in [-0.2, -0.15) is 5.10 Å². The van der Waals surface area contributed by atoms with Crippen LogP contribution in [0.5, 0.6) is 0 Å². The molecule has 1 aromatic heterocycles. The van der Waals surface area contributed by atoms with Gasteiger partial charge < -0.3 is 19.4 Å². The van der Waals surface area contributed by atoms with Gasteiger partial charge in [0, 0.05) is 5.39 Å². The Balaban J connectivity index is 1.46. The zero-order chi connectivity index (χ0) is 16.8. The average Bonchev–Trinajstić information content (AvgIpc) is 3.05. The van der Waals surface area contributed by atoms with Crippen LogP contribution in [0.4, 0.5) is 0 Å². The molecule has 3 rings (SSSR count). The summed E-state index contributed by atoms with van der Waals surface area (Å²) < 4.78 is 11.1.